The molecule has 6 nitrogen and oxygen atoms in total. The number of aromatic hydroxyl groups is 1. The minimum atomic E-state index is -0.436. The fourth-order valence-corrected chi connectivity index (χ4v) is 2.91. The number of benzene rings is 2. The van der Waals surface area contributed by atoms with Crippen molar-refractivity contribution in [2.75, 3.05) is 0 Å². The molecule has 4 rings (SSSR count). The number of amides is 1. The summed E-state index contributed by atoms with van der Waals surface area (Å²) < 4.78 is 1.44. The van der Waals surface area contributed by atoms with E-state index in [9.17, 15) is 14.7 Å². The first-order valence-electron chi connectivity index (χ1n) is 7.22. The fourth-order valence-electron chi connectivity index (χ4n) is 2.91. The predicted octanol–water partition coefficient (Wildman–Crippen LogP) is 1.90. The van der Waals surface area contributed by atoms with Crippen LogP contribution in [0.25, 0.3) is 16.6 Å². The van der Waals surface area contributed by atoms with Gasteiger partial charge in [-0.05, 0) is 37.3 Å². The second-order valence-electron chi connectivity index (χ2n) is 5.52. The van der Waals surface area contributed by atoms with Crippen molar-refractivity contribution in [1.29, 1.82) is 0 Å². The maximum absolute atomic E-state index is 12.9. The molecule has 0 aliphatic carbocycles. The molecule has 0 saturated carbocycles. The Hall–Kier alpha value is -3.15. The van der Waals surface area contributed by atoms with E-state index in [0.29, 0.717) is 22.4 Å². The van der Waals surface area contributed by atoms with Crippen LogP contribution in [0.4, 0.5) is 0 Å². The molecule has 114 valence electrons. The highest BCUT2D eigenvalue weighted by molar-refractivity contribution is 5.99. The number of nitrogens with one attached hydrogen (secondary N) is 1. The van der Waals surface area contributed by atoms with Crippen LogP contribution in [0.1, 0.15) is 29.1 Å². The van der Waals surface area contributed by atoms with Gasteiger partial charge in [-0.15, -0.1) is 0 Å². The van der Waals surface area contributed by atoms with Gasteiger partial charge in [0, 0.05) is 0 Å². The summed E-state index contributed by atoms with van der Waals surface area (Å²) in [4.78, 5) is 29.9. The average Bonchev–Trinajstić information content (AvgIpc) is 2.64. The molecule has 0 radical (unpaired) electrons. The Bertz CT molecular complexity index is 1020. The van der Waals surface area contributed by atoms with Crippen LogP contribution in [0.15, 0.2) is 47.3 Å². The van der Waals surface area contributed by atoms with Gasteiger partial charge in [-0.1, -0.05) is 12.1 Å². The molecule has 1 aromatic heterocycles. The number of phenolic OH excluding ortho intramolecular Hbond substituents is 1. The molecule has 2 N–H and O–H groups in total. The highest BCUT2D eigenvalue weighted by Crippen LogP contribution is 2.26. The standard InChI is InChI=1S/C17H13N3O3/c1-9-15-19-13-5-3-2-4-11(13)17(23)20(15)14-7-6-10(21)8-12(14)16(22)18-9/h2-9,21H,1H3,(H,18,22). The Kier molecular flexibility index (Phi) is 2.74. The smallest absolute Gasteiger partial charge is 0.266 e. The monoisotopic (exact) mass is 307 g/mol. The van der Waals surface area contributed by atoms with Gasteiger partial charge < -0.3 is 10.4 Å². The molecule has 0 fully saturated rings. The summed E-state index contributed by atoms with van der Waals surface area (Å²) in [7, 11) is 0. The van der Waals surface area contributed by atoms with E-state index >= 15 is 0 Å². The van der Waals surface area contributed by atoms with E-state index < -0.39 is 6.04 Å². The van der Waals surface area contributed by atoms with E-state index in [0.717, 1.165) is 0 Å². The molecular weight excluding hydrogens is 294 g/mol. The fraction of sp³-hybridized carbons (Fsp3) is 0.118. The van der Waals surface area contributed by atoms with Crippen LogP contribution < -0.4 is 10.9 Å². The van der Waals surface area contributed by atoms with Gasteiger partial charge in [0.1, 0.15) is 11.6 Å². The summed E-state index contributed by atoms with van der Waals surface area (Å²) in [6.07, 6.45) is 0. The Morgan fingerprint density at radius 3 is 2.78 bits per heavy atom. The molecule has 1 amide bonds. The number of phenols is 1. The van der Waals surface area contributed by atoms with Gasteiger partial charge in [-0.3, -0.25) is 14.2 Å². The Balaban J connectivity index is 2.18. The van der Waals surface area contributed by atoms with Crippen LogP contribution in [0, 0.1) is 0 Å². The lowest BCUT2D eigenvalue weighted by atomic mass is 10.1. The van der Waals surface area contributed by atoms with Crippen molar-refractivity contribution in [3.63, 3.8) is 0 Å². The van der Waals surface area contributed by atoms with Crippen LogP contribution in [0.3, 0.4) is 0 Å². The quantitative estimate of drug-likeness (QED) is 0.664. The van der Waals surface area contributed by atoms with Crippen molar-refractivity contribution in [1.82, 2.24) is 14.9 Å². The third-order valence-corrected chi connectivity index (χ3v) is 4.00. The molecule has 23 heavy (non-hydrogen) atoms. The molecule has 1 aliphatic rings. The van der Waals surface area contributed by atoms with Gasteiger partial charge in [0.2, 0.25) is 0 Å². The van der Waals surface area contributed by atoms with Crippen molar-refractivity contribution in [2.45, 2.75) is 13.0 Å². The van der Waals surface area contributed by atoms with E-state index in [4.69, 9.17) is 0 Å². The normalized spacial score (nSPS) is 16.4. The summed E-state index contributed by atoms with van der Waals surface area (Å²) in [5.41, 5.74) is 1.02. The first-order chi connectivity index (χ1) is 11.1. The highest BCUT2D eigenvalue weighted by atomic mass is 16.3. The number of carbonyl (C=O) groups is 1. The van der Waals surface area contributed by atoms with Crippen molar-refractivity contribution in [3.8, 4) is 11.4 Å². The van der Waals surface area contributed by atoms with Gasteiger partial charge in [0.15, 0.2) is 0 Å². The second kappa shape index (κ2) is 4.67. The molecule has 0 saturated heterocycles. The third kappa shape index (κ3) is 1.92. The molecular formula is C17H13N3O3. The molecule has 6 heteroatoms. The summed E-state index contributed by atoms with van der Waals surface area (Å²) >= 11 is 0. The van der Waals surface area contributed by atoms with Crippen LogP contribution in [0.2, 0.25) is 0 Å². The van der Waals surface area contributed by atoms with E-state index in [2.05, 4.69) is 10.3 Å². The molecule has 0 bridgehead atoms. The van der Waals surface area contributed by atoms with Crippen molar-refractivity contribution >= 4 is 16.8 Å². The summed E-state index contributed by atoms with van der Waals surface area (Å²) in [6, 6.07) is 11.0. The maximum atomic E-state index is 12.9. The van der Waals surface area contributed by atoms with E-state index in [1.54, 1.807) is 31.2 Å². The number of fused-ring (bicyclic) bond motifs is 4. The second-order valence-corrected chi connectivity index (χ2v) is 5.52. The molecule has 1 unspecified atom stereocenters. The molecule has 2 aromatic carbocycles. The zero-order valence-electron chi connectivity index (χ0n) is 12.3. The van der Waals surface area contributed by atoms with E-state index in [1.165, 1.54) is 16.7 Å². The van der Waals surface area contributed by atoms with Gasteiger partial charge in [0.05, 0.1) is 28.2 Å². The lowest BCUT2D eigenvalue weighted by Crippen LogP contribution is -2.28. The Morgan fingerprint density at radius 2 is 1.96 bits per heavy atom. The van der Waals surface area contributed by atoms with Crippen LogP contribution in [-0.2, 0) is 0 Å². The van der Waals surface area contributed by atoms with Gasteiger partial charge in [0.25, 0.3) is 11.5 Å². The zero-order chi connectivity index (χ0) is 16.1. The number of nitrogens with zero attached hydrogens (tertiary/aromatic N) is 2. The van der Waals surface area contributed by atoms with Gasteiger partial charge in [-0.2, -0.15) is 0 Å². The van der Waals surface area contributed by atoms with E-state index in [-0.39, 0.29) is 22.8 Å². The lowest BCUT2D eigenvalue weighted by Gasteiger charge is -2.15. The third-order valence-electron chi connectivity index (χ3n) is 4.00. The van der Waals surface area contributed by atoms with E-state index in [1.807, 2.05) is 6.07 Å². The topological polar surface area (TPSA) is 84.2 Å². The summed E-state index contributed by atoms with van der Waals surface area (Å²) in [5, 5.41) is 13.0. The van der Waals surface area contributed by atoms with Gasteiger partial charge in [-0.25, -0.2) is 4.98 Å². The van der Waals surface area contributed by atoms with Crippen LogP contribution in [-0.4, -0.2) is 20.6 Å². The predicted molar refractivity (Wildman–Crippen MR) is 84.9 cm³/mol. The number of para-hydroxylation sites is 1. The number of rotatable bonds is 0. The lowest BCUT2D eigenvalue weighted by molar-refractivity contribution is 0.0941. The Labute approximate surface area is 131 Å². The van der Waals surface area contributed by atoms with Crippen molar-refractivity contribution < 1.29 is 9.90 Å². The molecule has 1 atom stereocenters. The Morgan fingerprint density at radius 1 is 1.17 bits per heavy atom. The number of carbonyl (C=O) groups excluding carboxylic acids is 1. The first kappa shape index (κ1) is 13.5. The maximum Gasteiger partial charge on any atom is 0.266 e. The number of hydrogen-bond acceptors (Lipinski definition) is 4. The average molecular weight is 307 g/mol. The highest BCUT2D eigenvalue weighted by Gasteiger charge is 2.27. The van der Waals surface area contributed by atoms with Crippen LogP contribution in [0.5, 0.6) is 5.75 Å². The van der Waals surface area contributed by atoms with Crippen LogP contribution >= 0.6 is 0 Å². The summed E-state index contributed by atoms with van der Waals surface area (Å²) in [6.45, 7) is 1.77. The number of hydrogen-bond donors (Lipinski definition) is 2. The molecule has 3 aromatic rings. The van der Waals surface area contributed by atoms with Crippen molar-refractivity contribution in [2.24, 2.45) is 0 Å². The zero-order valence-corrected chi connectivity index (χ0v) is 12.3. The largest absolute Gasteiger partial charge is 0.508 e. The first-order valence-corrected chi connectivity index (χ1v) is 7.22. The minimum Gasteiger partial charge on any atom is -0.508 e. The SMILES string of the molecule is CC1NC(=O)c2cc(O)ccc2-n2c1nc1ccccc1c2=O. The summed E-state index contributed by atoms with van der Waals surface area (Å²) in [5.74, 6) is 0.0839. The minimum absolute atomic E-state index is 0.0307. The molecule has 1 aliphatic heterocycles. The number of aromatic nitrogens is 2. The molecule has 2 heterocycles. The molecule has 0 spiro atoms. The van der Waals surface area contributed by atoms with Gasteiger partial charge >= 0.3 is 0 Å². The van der Waals surface area contributed by atoms with Crippen molar-refractivity contribution in [3.05, 3.63) is 64.2 Å².